The molecule has 2 N–H and O–H groups in total. The molecule has 0 radical (unpaired) electrons. The summed E-state index contributed by atoms with van der Waals surface area (Å²) in [4.78, 5) is 15.5. The van der Waals surface area contributed by atoms with Crippen LogP contribution in [0.1, 0.15) is 17.0 Å². The van der Waals surface area contributed by atoms with E-state index in [0.717, 1.165) is 23.1 Å². The first kappa shape index (κ1) is 14.4. The zero-order valence-electron chi connectivity index (χ0n) is 10.6. The highest BCUT2D eigenvalue weighted by Gasteiger charge is 2.11. The van der Waals surface area contributed by atoms with Gasteiger partial charge in [0, 0.05) is 10.9 Å². The normalized spacial score (nSPS) is 10.6. The van der Waals surface area contributed by atoms with Crippen molar-refractivity contribution in [2.45, 2.75) is 19.8 Å². The van der Waals surface area contributed by atoms with Crippen molar-refractivity contribution in [1.82, 2.24) is 4.98 Å². The van der Waals surface area contributed by atoms with Gasteiger partial charge >= 0.3 is 5.97 Å². The summed E-state index contributed by atoms with van der Waals surface area (Å²) >= 11 is 1.24. The van der Waals surface area contributed by atoms with E-state index in [0.29, 0.717) is 17.2 Å². The van der Waals surface area contributed by atoms with E-state index in [1.54, 1.807) is 6.92 Å². The number of nitrogens with one attached hydrogen (secondary N) is 1. The quantitative estimate of drug-likeness (QED) is 0.887. The molecule has 0 unspecified atom stereocenters. The van der Waals surface area contributed by atoms with Gasteiger partial charge in [-0.3, -0.25) is 4.79 Å². The van der Waals surface area contributed by atoms with Gasteiger partial charge < -0.3 is 10.4 Å². The van der Waals surface area contributed by atoms with Crippen LogP contribution < -0.4 is 5.32 Å². The van der Waals surface area contributed by atoms with Gasteiger partial charge in [0.05, 0.1) is 17.8 Å². The lowest BCUT2D eigenvalue weighted by molar-refractivity contribution is -0.136. The molecule has 0 aliphatic carbocycles. The number of thiazole rings is 1. The minimum absolute atomic E-state index is 0.00327. The standard InChI is InChI=1S/C13H12F2N2O2S/c1-7-11(4-5-12(18)19)20-13(16-7)17-10-6-8(14)2-3-9(10)15/h2-3,6H,4-5H2,1H3,(H,16,17)(H,18,19). The molecular weight excluding hydrogens is 286 g/mol. The van der Waals surface area contributed by atoms with Crippen LogP contribution in [0.3, 0.4) is 0 Å². The third kappa shape index (κ3) is 3.51. The van der Waals surface area contributed by atoms with Gasteiger partial charge in [-0.25, -0.2) is 13.8 Å². The number of hydrogen-bond donors (Lipinski definition) is 2. The summed E-state index contributed by atoms with van der Waals surface area (Å²) in [5.74, 6) is -2.01. The van der Waals surface area contributed by atoms with Crippen molar-refractivity contribution in [3.63, 3.8) is 0 Å². The first-order chi connectivity index (χ1) is 9.45. The van der Waals surface area contributed by atoms with Gasteiger partial charge in [0.2, 0.25) is 0 Å². The average Bonchev–Trinajstić information content (AvgIpc) is 2.72. The second-order valence-corrected chi connectivity index (χ2v) is 5.25. The molecule has 7 heteroatoms. The number of benzene rings is 1. The monoisotopic (exact) mass is 298 g/mol. The molecular formula is C13H12F2N2O2S. The maximum Gasteiger partial charge on any atom is 0.303 e. The summed E-state index contributed by atoms with van der Waals surface area (Å²) in [6.45, 7) is 1.75. The Balaban J connectivity index is 2.16. The topological polar surface area (TPSA) is 62.2 Å². The van der Waals surface area contributed by atoms with Crippen LogP contribution >= 0.6 is 11.3 Å². The van der Waals surface area contributed by atoms with Gasteiger partial charge in [-0.1, -0.05) is 0 Å². The Morgan fingerprint density at radius 1 is 1.45 bits per heavy atom. The molecule has 0 fully saturated rings. The number of carboxylic acids is 1. The Kier molecular flexibility index (Phi) is 4.29. The van der Waals surface area contributed by atoms with Gasteiger partial charge in [0.25, 0.3) is 0 Å². The minimum Gasteiger partial charge on any atom is -0.481 e. The van der Waals surface area contributed by atoms with Crippen molar-refractivity contribution in [2.75, 3.05) is 5.32 Å². The molecule has 0 atom stereocenters. The van der Waals surface area contributed by atoms with E-state index >= 15 is 0 Å². The number of halogens is 2. The van der Waals surface area contributed by atoms with Crippen LogP contribution in [0.5, 0.6) is 0 Å². The second kappa shape index (κ2) is 5.96. The Bertz CT molecular complexity index is 643. The highest BCUT2D eigenvalue weighted by molar-refractivity contribution is 7.15. The van der Waals surface area contributed by atoms with E-state index in [4.69, 9.17) is 5.11 Å². The molecule has 0 amide bonds. The molecule has 2 rings (SSSR count). The Labute approximate surface area is 118 Å². The lowest BCUT2D eigenvalue weighted by atomic mass is 10.2. The van der Waals surface area contributed by atoms with E-state index in [1.165, 1.54) is 11.3 Å². The van der Waals surface area contributed by atoms with Crippen molar-refractivity contribution in [2.24, 2.45) is 0 Å². The molecule has 106 valence electrons. The van der Waals surface area contributed by atoms with E-state index in [2.05, 4.69) is 10.3 Å². The van der Waals surface area contributed by atoms with Crippen LogP contribution in [0.4, 0.5) is 19.6 Å². The zero-order valence-corrected chi connectivity index (χ0v) is 11.4. The van der Waals surface area contributed by atoms with Gasteiger partial charge in [0.1, 0.15) is 11.6 Å². The molecule has 1 heterocycles. The van der Waals surface area contributed by atoms with E-state index in [9.17, 15) is 13.6 Å². The molecule has 2 aromatic rings. The predicted molar refractivity (Wildman–Crippen MR) is 72.4 cm³/mol. The fourth-order valence-electron chi connectivity index (χ4n) is 1.64. The fraction of sp³-hybridized carbons (Fsp3) is 0.231. The van der Waals surface area contributed by atoms with E-state index in [1.807, 2.05) is 0 Å². The summed E-state index contributed by atoms with van der Waals surface area (Å²) in [5.41, 5.74) is 0.694. The Morgan fingerprint density at radius 3 is 2.90 bits per heavy atom. The smallest absolute Gasteiger partial charge is 0.303 e. The summed E-state index contributed by atoms with van der Waals surface area (Å²) in [7, 11) is 0. The van der Waals surface area contributed by atoms with Crippen LogP contribution in [-0.4, -0.2) is 16.1 Å². The van der Waals surface area contributed by atoms with Crippen molar-refractivity contribution in [3.8, 4) is 0 Å². The molecule has 0 aliphatic heterocycles. The first-order valence-electron chi connectivity index (χ1n) is 5.86. The highest BCUT2D eigenvalue weighted by Crippen LogP contribution is 2.28. The lowest BCUT2D eigenvalue weighted by Gasteiger charge is -2.03. The largest absolute Gasteiger partial charge is 0.481 e. The number of hydrogen-bond acceptors (Lipinski definition) is 4. The van der Waals surface area contributed by atoms with Gasteiger partial charge in [-0.2, -0.15) is 0 Å². The highest BCUT2D eigenvalue weighted by atomic mass is 32.1. The number of carbonyl (C=O) groups is 1. The van der Waals surface area contributed by atoms with Crippen molar-refractivity contribution in [1.29, 1.82) is 0 Å². The van der Waals surface area contributed by atoms with E-state index < -0.39 is 17.6 Å². The summed E-state index contributed by atoms with van der Waals surface area (Å²) in [6.07, 6.45) is 0.378. The van der Waals surface area contributed by atoms with Crippen molar-refractivity contribution >= 4 is 28.1 Å². The maximum absolute atomic E-state index is 13.5. The van der Waals surface area contributed by atoms with Gasteiger partial charge in [-0.15, -0.1) is 11.3 Å². The number of aryl methyl sites for hydroxylation is 2. The average molecular weight is 298 g/mol. The molecule has 0 saturated heterocycles. The third-order valence-electron chi connectivity index (χ3n) is 2.63. The lowest BCUT2D eigenvalue weighted by Crippen LogP contribution is -1.96. The molecule has 0 spiro atoms. The van der Waals surface area contributed by atoms with Crippen LogP contribution in [0, 0.1) is 18.6 Å². The molecule has 4 nitrogen and oxygen atoms in total. The summed E-state index contributed by atoms with van der Waals surface area (Å²) in [5, 5.41) is 11.8. The zero-order chi connectivity index (χ0) is 14.7. The Morgan fingerprint density at radius 2 is 2.20 bits per heavy atom. The SMILES string of the molecule is Cc1nc(Nc2cc(F)ccc2F)sc1CCC(=O)O. The number of nitrogens with zero attached hydrogens (tertiary/aromatic N) is 1. The van der Waals surface area contributed by atoms with Crippen LogP contribution in [0.15, 0.2) is 18.2 Å². The Hall–Kier alpha value is -2.02. The maximum atomic E-state index is 13.5. The van der Waals surface area contributed by atoms with Gasteiger partial charge in [0.15, 0.2) is 5.13 Å². The van der Waals surface area contributed by atoms with Crippen LogP contribution in [0.2, 0.25) is 0 Å². The molecule has 20 heavy (non-hydrogen) atoms. The number of aromatic nitrogens is 1. The molecule has 1 aromatic carbocycles. The molecule has 0 aliphatic rings. The summed E-state index contributed by atoms with van der Waals surface area (Å²) < 4.78 is 26.5. The number of aliphatic carboxylic acids is 1. The van der Waals surface area contributed by atoms with Gasteiger partial charge in [-0.05, 0) is 25.5 Å². The van der Waals surface area contributed by atoms with Crippen LogP contribution in [-0.2, 0) is 11.2 Å². The third-order valence-corrected chi connectivity index (χ3v) is 3.76. The van der Waals surface area contributed by atoms with Crippen LogP contribution in [0.25, 0.3) is 0 Å². The predicted octanol–water partition coefficient (Wildman–Crippen LogP) is 3.49. The number of carboxylic acid groups (broad SMARTS) is 1. The number of rotatable bonds is 5. The summed E-state index contributed by atoms with van der Waals surface area (Å²) in [6, 6.07) is 3.11. The second-order valence-electron chi connectivity index (χ2n) is 4.17. The fourth-order valence-corrected chi connectivity index (χ4v) is 2.62. The van der Waals surface area contributed by atoms with E-state index in [-0.39, 0.29) is 12.1 Å². The minimum atomic E-state index is -0.886. The number of anilines is 2. The molecule has 0 saturated carbocycles. The van der Waals surface area contributed by atoms with Crippen molar-refractivity contribution in [3.05, 3.63) is 40.4 Å². The molecule has 1 aromatic heterocycles. The van der Waals surface area contributed by atoms with Crippen molar-refractivity contribution < 1.29 is 18.7 Å². The first-order valence-corrected chi connectivity index (χ1v) is 6.67. The molecule has 0 bridgehead atoms.